The minimum Gasteiger partial charge on any atom is -0.298 e. The number of carbonyl (C=O) groups is 2. The smallest absolute Gasteiger partial charge is 0.257 e. The molecule has 6 nitrogen and oxygen atoms in total. The fourth-order valence-corrected chi connectivity index (χ4v) is 3.20. The average Bonchev–Trinajstić information content (AvgIpc) is 3.10. The number of allylic oxidation sites excluding steroid dienone is 1. The van der Waals surface area contributed by atoms with Gasteiger partial charge in [0.1, 0.15) is 5.82 Å². The van der Waals surface area contributed by atoms with Crippen LogP contribution in [0.1, 0.15) is 10.4 Å². The minimum atomic E-state index is -0.453. The molecule has 0 aliphatic heterocycles. The highest BCUT2D eigenvalue weighted by Crippen LogP contribution is 2.24. The maximum absolute atomic E-state index is 13.2. The Kier molecular flexibility index (Phi) is 6.33. The molecule has 3 rings (SSSR count). The van der Waals surface area contributed by atoms with Crippen LogP contribution in [0, 0.1) is 5.82 Å². The van der Waals surface area contributed by atoms with Gasteiger partial charge in [-0.25, -0.2) is 4.39 Å². The Morgan fingerprint density at radius 1 is 1.11 bits per heavy atom. The van der Waals surface area contributed by atoms with Gasteiger partial charge in [-0.15, -0.1) is 16.8 Å². The van der Waals surface area contributed by atoms with E-state index in [1.54, 1.807) is 53.1 Å². The molecule has 1 N–H and O–H groups in total. The van der Waals surface area contributed by atoms with Crippen LogP contribution in [0.15, 0.2) is 72.4 Å². The van der Waals surface area contributed by atoms with Crippen molar-refractivity contribution < 1.29 is 14.0 Å². The molecule has 28 heavy (non-hydrogen) atoms. The molecule has 0 bridgehead atoms. The predicted octanol–water partition coefficient (Wildman–Crippen LogP) is 3.32. The van der Waals surface area contributed by atoms with Crippen molar-refractivity contribution in [1.82, 2.24) is 20.1 Å². The molecule has 2 amide bonds. The molecule has 0 unspecified atom stereocenters. The van der Waals surface area contributed by atoms with Gasteiger partial charge >= 0.3 is 0 Å². The van der Waals surface area contributed by atoms with Gasteiger partial charge in [-0.05, 0) is 36.4 Å². The van der Waals surface area contributed by atoms with Gasteiger partial charge in [-0.3, -0.25) is 19.5 Å². The molecule has 3 aromatic rings. The van der Waals surface area contributed by atoms with E-state index in [9.17, 15) is 14.0 Å². The lowest BCUT2D eigenvalue weighted by atomic mass is 10.2. The molecule has 0 aliphatic rings. The van der Waals surface area contributed by atoms with Gasteiger partial charge in [0.25, 0.3) is 5.91 Å². The molecule has 8 heteroatoms. The summed E-state index contributed by atoms with van der Waals surface area (Å²) in [4.78, 5) is 24.1. The molecular weight excluding hydrogens is 379 g/mol. The molecule has 0 radical (unpaired) electrons. The SMILES string of the molecule is C=CCn1c(SCC(=O)NC(=O)c2ccccc2)nnc1-c1ccc(F)cc1. The van der Waals surface area contributed by atoms with E-state index in [-0.39, 0.29) is 11.6 Å². The summed E-state index contributed by atoms with van der Waals surface area (Å²) >= 11 is 1.15. The van der Waals surface area contributed by atoms with E-state index in [0.29, 0.717) is 28.7 Å². The molecular formula is C20H17FN4O2S. The summed E-state index contributed by atoms with van der Waals surface area (Å²) in [6.07, 6.45) is 1.68. The second-order valence-corrected chi connectivity index (χ2v) is 6.69. The zero-order valence-electron chi connectivity index (χ0n) is 14.8. The molecule has 142 valence electrons. The van der Waals surface area contributed by atoms with Crippen LogP contribution < -0.4 is 5.32 Å². The second-order valence-electron chi connectivity index (χ2n) is 5.74. The Bertz CT molecular complexity index is 987. The molecule has 0 fully saturated rings. The number of thioether (sulfide) groups is 1. The first-order valence-corrected chi connectivity index (χ1v) is 9.39. The van der Waals surface area contributed by atoms with E-state index < -0.39 is 11.8 Å². The van der Waals surface area contributed by atoms with Crippen molar-refractivity contribution in [1.29, 1.82) is 0 Å². The number of aromatic nitrogens is 3. The third-order valence-electron chi connectivity index (χ3n) is 3.75. The first kappa shape index (κ1) is 19.5. The van der Waals surface area contributed by atoms with Crippen molar-refractivity contribution >= 4 is 23.6 Å². The van der Waals surface area contributed by atoms with Gasteiger partial charge in [-0.1, -0.05) is 36.0 Å². The summed E-state index contributed by atoms with van der Waals surface area (Å²) in [7, 11) is 0. The largest absolute Gasteiger partial charge is 0.298 e. The summed E-state index contributed by atoms with van der Waals surface area (Å²) in [5, 5.41) is 11.1. The highest BCUT2D eigenvalue weighted by atomic mass is 32.2. The molecule has 0 saturated heterocycles. The lowest BCUT2D eigenvalue weighted by molar-refractivity contribution is -0.117. The highest BCUT2D eigenvalue weighted by Gasteiger charge is 2.16. The molecule has 1 heterocycles. The summed E-state index contributed by atoms with van der Waals surface area (Å²) in [6, 6.07) is 14.4. The van der Waals surface area contributed by atoms with Crippen LogP contribution in [0.3, 0.4) is 0 Å². The number of amides is 2. The number of carbonyl (C=O) groups excluding carboxylic acids is 2. The maximum atomic E-state index is 13.2. The van der Waals surface area contributed by atoms with Crippen LogP contribution in [0.4, 0.5) is 4.39 Å². The summed E-state index contributed by atoms with van der Waals surface area (Å²) in [6.45, 7) is 4.15. The molecule has 0 saturated carbocycles. The van der Waals surface area contributed by atoms with Crippen LogP contribution in [0.2, 0.25) is 0 Å². The number of imide groups is 1. The number of nitrogens with zero attached hydrogens (tertiary/aromatic N) is 3. The fourth-order valence-electron chi connectivity index (χ4n) is 2.46. The fraction of sp³-hybridized carbons (Fsp3) is 0.100. The van der Waals surface area contributed by atoms with E-state index in [1.165, 1.54) is 12.1 Å². The van der Waals surface area contributed by atoms with Crippen molar-refractivity contribution in [2.24, 2.45) is 0 Å². The first-order valence-electron chi connectivity index (χ1n) is 8.40. The van der Waals surface area contributed by atoms with Crippen LogP contribution in [-0.4, -0.2) is 32.3 Å². The Morgan fingerprint density at radius 2 is 1.82 bits per heavy atom. The number of rotatable bonds is 7. The van der Waals surface area contributed by atoms with Crippen LogP contribution in [0.25, 0.3) is 11.4 Å². The predicted molar refractivity (Wildman–Crippen MR) is 105 cm³/mol. The zero-order valence-corrected chi connectivity index (χ0v) is 15.7. The summed E-state index contributed by atoms with van der Waals surface area (Å²) in [5.74, 6) is -0.686. The number of benzene rings is 2. The van der Waals surface area contributed by atoms with Gasteiger partial charge in [0, 0.05) is 17.7 Å². The quantitative estimate of drug-likeness (QED) is 0.490. The first-order chi connectivity index (χ1) is 13.6. The second kappa shape index (κ2) is 9.09. The van der Waals surface area contributed by atoms with E-state index in [1.807, 2.05) is 0 Å². The van der Waals surface area contributed by atoms with Crippen LogP contribution in [-0.2, 0) is 11.3 Å². The van der Waals surface area contributed by atoms with Crippen molar-refractivity contribution in [3.8, 4) is 11.4 Å². The number of hydrogen-bond acceptors (Lipinski definition) is 5. The molecule has 2 aromatic carbocycles. The van der Waals surface area contributed by atoms with E-state index in [2.05, 4.69) is 22.1 Å². The Hall–Kier alpha value is -3.26. The Morgan fingerprint density at radius 3 is 2.50 bits per heavy atom. The lowest BCUT2D eigenvalue weighted by Crippen LogP contribution is -2.31. The molecule has 1 aromatic heterocycles. The van der Waals surface area contributed by atoms with Gasteiger partial charge < -0.3 is 0 Å². The highest BCUT2D eigenvalue weighted by molar-refractivity contribution is 7.99. The van der Waals surface area contributed by atoms with Crippen molar-refractivity contribution in [3.63, 3.8) is 0 Å². The van der Waals surface area contributed by atoms with Crippen LogP contribution >= 0.6 is 11.8 Å². The standard InChI is InChI=1S/C20H17FN4O2S/c1-2-12-25-18(14-8-10-16(21)11-9-14)23-24-20(25)28-13-17(26)22-19(27)15-6-4-3-5-7-15/h2-11H,1,12-13H2,(H,22,26,27). The molecule has 0 atom stereocenters. The number of nitrogens with one attached hydrogen (secondary N) is 1. The zero-order chi connectivity index (χ0) is 19.9. The average molecular weight is 396 g/mol. The third kappa shape index (κ3) is 4.72. The lowest BCUT2D eigenvalue weighted by Gasteiger charge is -2.08. The monoisotopic (exact) mass is 396 g/mol. The van der Waals surface area contributed by atoms with Crippen molar-refractivity contribution in [2.75, 3.05) is 5.75 Å². The van der Waals surface area contributed by atoms with Crippen molar-refractivity contribution in [3.05, 3.63) is 78.6 Å². The van der Waals surface area contributed by atoms with Gasteiger partial charge in [-0.2, -0.15) is 0 Å². The summed E-state index contributed by atoms with van der Waals surface area (Å²) in [5.41, 5.74) is 1.11. The van der Waals surface area contributed by atoms with E-state index in [0.717, 1.165) is 11.8 Å². The van der Waals surface area contributed by atoms with Crippen LogP contribution in [0.5, 0.6) is 0 Å². The Balaban J connectivity index is 1.68. The normalized spacial score (nSPS) is 10.5. The van der Waals surface area contributed by atoms with E-state index >= 15 is 0 Å². The van der Waals surface area contributed by atoms with E-state index in [4.69, 9.17) is 0 Å². The number of hydrogen-bond donors (Lipinski definition) is 1. The minimum absolute atomic E-state index is 0.00271. The molecule has 0 aliphatic carbocycles. The molecule has 0 spiro atoms. The van der Waals surface area contributed by atoms with Gasteiger partial charge in [0.05, 0.1) is 5.75 Å². The van der Waals surface area contributed by atoms with Gasteiger partial charge in [0.2, 0.25) is 5.91 Å². The third-order valence-corrected chi connectivity index (χ3v) is 4.72. The maximum Gasteiger partial charge on any atom is 0.257 e. The summed E-state index contributed by atoms with van der Waals surface area (Å²) < 4.78 is 14.9. The topological polar surface area (TPSA) is 76.9 Å². The van der Waals surface area contributed by atoms with Crippen molar-refractivity contribution in [2.45, 2.75) is 11.7 Å². The Labute approximate surface area is 165 Å². The van der Waals surface area contributed by atoms with Gasteiger partial charge in [0.15, 0.2) is 11.0 Å². The number of halogens is 1.